The number of anilines is 6. The summed E-state index contributed by atoms with van der Waals surface area (Å²) in [5, 5.41) is 12.0. The van der Waals surface area contributed by atoms with Crippen molar-refractivity contribution in [2.75, 3.05) is 42.6 Å². The number of benzene rings is 3. The molecule has 0 aliphatic heterocycles. The molecule has 2 amide bonds. The van der Waals surface area contributed by atoms with Crippen molar-refractivity contribution in [1.82, 2.24) is 9.97 Å². The number of carbonyl (C=O) groups is 1. The van der Waals surface area contributed by atoms with Crippen LogP contribution in [0.15, 0.2) is 72.8 Å². The van der Waals surface area contributed by atoms with E-state index in [-0.39, 0.29) is 0 Å². The largest absolute Gasteiger partial charge is 0.497 e. The van der Waals surface area contributed by atoms with Crippen LogP contribution in [-0.2, 0) is 0 Å². The quantitative estimate of drug-likeness (QED) is 0.223. The molecule has 190 valence electrons. The molecular weight excluding hydrogens is 472 g/mol. The van der Waals surface area contributed by atoms with Crippen LogP contribution >= 0.6 is 0 Å². The summed E-state index contributed by atoms with van der Waals surface area (Å²) in [5.41, 5.74) is 3.55. The fourth-order valence-electron chi connectivity index (χ4n) is 3.55. The molecule has 0 bridgehead atoms. The first kappa shape index (κ1) is 25.1. The van der Waals surface area contributed by atoms with E-state index in [1.165, 1.54) is 14.2 Å². The fourth-order valence-corrected chi connectivity index (χ4v) is 3.55. The number of para-hydroxylation sites is 1. The number of nitrogens with one attached hydrogen (secondary N) is 4. The van der Waals surface area contributed by atoms with Crippen molar-refractivity contribution in [2.45, 2.75) is 6.92 Å². The van der Waals surface area contributed by atoms with Crippen LogP contribution in [-0.4, -0.2) is 37.3 Å². The molecule has 0 saturated carbocycles. The third-order valence-corrected chi connectivity index (χ3v) is 5.27. The number of hydrogen-bond acceptors (Lipinski definition) is 8. The third kappa shape index (κ3) is 6.57. The van der Waals surface area contributed by atoms with Gasteiger partial charge in [-0.3, -0.25) is 0 Å². The average molecular weight is 501 g/mol. The summed E-state index contributed by atoms with van der Waals surface area (Å²) >= 11 is 0. The monoisotopic (exact) mass is 500 g/mol. The van der Waals surface area contributed by atoms with E-state index in [2.05, 4.69) is 31.2 Å². The number of amides is 2. The molecule has 0 unspecified atom stereocenters. The van der Waals surface area contributed by atoms with Crippen molar-refractivity contribution in [3.8, 4) is 17.2 Å². The minimum absolute atomic E-state index is 0.413. The molecule has 0 spiro atoms. The normalized spacial score (nSPS) is 10.3. The molecule has 37 heavy (non-hydrogen) atoms. The highest BCUT2D eigenvalue weighted by molar-refractivity contribution is 6.01. The average Bonchev–Trinajstić information content (AvgIpc) is 2.89. The van der Waals surface area contributed by atoms with E-state index in [4.69, 9.17) is 14.2 Å². The lowest BCUT2D eigenvalue weighted by molar-refractivity contribution is 0.262. The molecule has 4 rings (SSSR count). The summed E-state index contributed by atoms with van der Waals surface area (Å²) in [6.45, 7) is 1.90. The summed E-state index contributed by atoms with van der Waals surface area (Å²) in [4.78, 5) is 21.5. The number of carbonyl (C=O) groups excluding carboxylic acids is 1. The predicted molar refractivity (Wildman–Crippen MR) is 145 cm³/mol. The number of aryl methyl sites for hydroxylation is 1. The van der Waals surface area contributed by atoms with Gasteiger partial charge in [-0.2, -0.15) is 4.98 Å². The summed E-state index contributed by atoms with van der Waals surface area (Å²) in [7, 11) is 4.69. The van der Waals surface area contributed by atoms with E-state index < -0.39 is 6.03 Å². The van der Waals surface area contributed by atoms with Crippen LogP contribution in [0, 0.1) is 6.92 Å². The third-order valence-electron chi connectivity index (χ3n) is 5.27. The van der Waals surface area contributed by atoms with Crippen molar-refractivity contribution in [2.24, 2.45) is 0 Å². The van der Waals surface area contributed by atoms with Gasteiger partial charge in [0.2, 0.25) is 5.95 Å². The summed E-state index contributed by atoms with van der Waals surface area (Å²) in [6.07, 6.45) is 0. The van der Waals surface area contributed by atoms with Crippen molar-refractivity contribution in [3.63, 3.8) is 0 Å². The van der Waals surface area contributed by atoms with Crippen LogP contribution in [0.1, 0.15) is 5.69 Å². The predicted octanol–water partition coefficient (Wildman–Crippen LogP) is 5.94. The first-order valence-electron chi connectivity index (χ1n) is 11.4. The Hall–Kier alpha value is -4.99. The van der Waals surface area contributed by atoms with Gasteiger partial charge in [0.05, 0.1) is 27.0 Å². The highest BCUT2D eigenvalue weighted by Crippen LogP contribution is 2.34. The van der Waals surface area contributed by atoms with E-state index in [1.54, 1.807) is 37.4 Å². The van der Waals surface area contributed by atoms with Crippen molar-refractivity contribution < 1.29 is 19.0 Å². The number of hydrogen-bond donors (Lipinski definition) is 4. The molecule has 0 saturated heterocycles. The molecular formula is C27H28N6O4. The van der Waals surface area contributed by atoms with Gasteiger partial charge in [0.1, 0.15) is 11.6 Å². The molecule has 1 aromatic heterocycles. The zero-order valence-electron chi connectivity index (χ0n) is 21.0. The van der Waals surface area contributed by atoms with Gasteiger partial charge in [-0.15, -0.1) is 0 Å². The molecule has 10 heteroatoms. The van der Waals surface area contributed by atoms with Gasteiger partial charge in [-0.25, -0.2) is 9.78 Å². The van der Waals surface area contributed by atoms with Gasteiger partial charge in [-0.05, 0) is 67.6 Å². The van der Waals surface area contributed by atoms with E-state index in [0.717, 1.165) is 22.8 Å². The van der Waals surface area contributed by atoms with E-state index in [1.807, 2.05) is 49.4 Å². The van der Waals surface area contributed by atoms with Gasteiger partial charge >= 0.3 is 6.03 Å². The Morgan fingerprint density at radius 1 is 0.730 bits per heavy atom. The molecule has 0 fully saturated rings. The van der Waals surface area contributed by atoms with Crippen LogP contribution in [0.25, 0.3) is 0 Å². The maximum absolute atomic E-state index is 12.5. The van der Waals surface area contributed by atoms with E-state index in [9.17, 15) is 4.79 Å². The zero-order valence-corrected chi connectivity index (χ0v) is 21.0. The van der Waals surface area contributed by atoms with E-state index >= 15 is 0 Å². The van der Waals surface area contributed by atoms with Crippen LogP contribution in [0.5, 0.6) is 17.2 Å². The van der Waals surface area contributed by atoms with E-state index in [0.29, 0.717) is 34.6 Å². The molecule has 10 nitrogen and oxygen atoms in total. The Balaban J connectivity index is 1.39. The molecule has 1 heterocycles. The number of rotatable bonds is 9. The van der Waals surface area contributed by atoms with Gasteiger partial charge in [0.25, 0.3) is 0 Å². The molecule has 0 aliphatic rings. The summed E-state index contributed by atoms with van der Waals surface area (Å²) < 4.78 is 15.8. The molecule has 0 atom stereocenters. The first-order valence-corrected chi connectivity index (χ1v) is 11.4. The highest BCUT2D eigenvalue weighted by Gasteiger charge is 2.12. The number of urea groups is 1. The lowest BCUT2D eigenvalue weighted by Gasteiger charge is -2.14. The number of ether oxygens (including phenoxy) is 3. The number of aromatic nitrogens is 2. The fraction of sp³-hybridized carbons (Fsp3) is 0.148. The van der Waals surface area contributed by atoms with Crippen molar-refractivity contribution in [1.29, 1.82) is 0 Å². The number of methoxy groups -OCH3 is 3. The van der Waals surface area contributed by atoms with Crippen molar-refractivity contribution >= 4 is 40.5 Å². The molecule has 0 aliphatic carbocycles. The summed E-state index contributed by atoms with van der Waals surface area (Å²) in [6, 6.07) is 21.5. The molecule has 3 aromatic carbocycles. The molecule has 4 N–H and O–H groups in total. The maximum Gasteiger partial charge on any atom is 0.323 e. The van der Waals surface area contributed by atoms with Crippen LogP contribution in [0.4, 0.5) is 39.3 Å². The van der Waals surface area contributed by atoms with Gasteiger partial charge < -0.3 is 35.5 Å². The van der Waals surface area contributed by atoms with Crippen LogP contribution in [0.3, 0.4) is 0 Å². The van der Waals surface area contributed by atoms with Crippen LogP contribution < -0.4 is 35.5 Å². The second kappa shape index (κ2) is 11.6. The Labute approximate surface area is 215 Å². The van der Waals surface area contributed by atoms with Gasteiger partial charge in [0, 0.05) is 28.8 Å². The minimum atomic E-state index is -0.413. The van der Waals surface area contributed by atoms with Crippen LogP contribution in [0.2, 0.25) is 0 Å². The molecule has 4 aromatic rings. The lowest BCUT2D eigenvalue weighted by atomic mass is 10.2. The Kier molecular flexibility index (Phi) is 7.89. The lowest BCUT2D eigenvalue weighted by Crippen LogP contribution is -2.19. The molecule has 0 radical (unpaired) electrons. The minimum Gasteiger partial charge on any atom is -0.497 e. The number of nitrogens with zero attached hydrogens (tertiary/aromatic N) is 2. The standard InChI is InChI=1S/C27H28N6O4/c1-17-16-24(29-18-12-14-21(35-2)15-13-18)33-26(28-17)30-19-8-10-20(11-9-19)31-27(34)32-22-6-5-7-23(36-3)25(22)37-4/h5-16H,1-4H3,(H2,31,32,34)(H2,28,29,30,33). The topological polar surface area (TPSA) is 119 Å². The SMILES string of the molecule is COc1ccc(Nc2cc(C)nc(Nc3ccc(NC(=O)Nc4cccc(OC)c4OC)cc3)n2)cc1. The smallest absolute Gasteiger partial charge is 0.323 e. The Bertz CT molecular complexity index is 1360. The summed E-state index contributed by atoms with van der Waals surface area (Å²) in [5.74, 6) is 2.85. The maximum atomic E-state index is 12.5. The second-order valence-corrected chi connectivity index (χ2v) is 7.89. The Morgan fingerprint density at radius 2 is 1.41 bits per heavy atom. The van der Waals surface area contributed by atoms with Gasteiger partial charge in [0.15, 0.2) is 11.5 Å². The van der Waals surface area contributed by atoms with Crippen molar-refractivity contribution in [3.05, 3.63) is 78.5 Å². The second-order valence-electron chi connectivity index (χ2n) is 7.89. The first-order chi connectivity index (χ1) is 18.0. The Morgan fingerprint density at radius 3 is 2.08 bits per heavy atom. The van der Waals surface area contributed by atoms with Gasteiger partial charge in [-0.1, -0.05) is 6.07 Å². The highest BCUT2D eigenvalue weighted by atomic mass is 16.5. The zero-order chi connectivity index (χ0) is 26.2.